The Morgan fingerprint density at radius 2 is 2.03 bits per heavy atom. The normalized spacial score (nSPS) is 13.5. The highest BCUT2D eigenvalue weighted by atomic mass is 127. The predicted molar refractivity (Wildman–Crippen MR) is 132 cm³/mol. The molecule has 2 aromatic heterocycles. The average molecular weight is 620 g/mol. The van der Waals surface area contributed by atoms with E-state index in [0.29, 0.717) is 42.4 Å². The standard InChI is InChI=1S/C19H22FIN8O5S/c20-19-27-17(23)16-18(28-19)29(8-11(22)7-25-2-1-3-34-35(24,30)31)15(26-16)5-10-4-13-14(6-12(10)21)33-9-32-13/h4,6-7,25H,1-3,5,8-9,22H2,(H2,23,27,28)(H2,24,30,31)/b11-7-. The maximum atomic E-state index is 14.0. The average Bonchev–Trinajstić information content (AvgIpc) is 3.35. The molecule has 4 rings (SSSR count). The van der Waals surface area contributed by atoms with Crippen molar-refractivity contribution < 1.29 is 26.5 Å². The first-order valence-corrected chi connectivity index (χ1v) is 12.8. The smallest absolute Gasteiger partial charge is 0.333 e. The second-order valence-corrected chi connectivity index (χ2v) is 9.86. The number of nitrogens with one attached hydrogen (secondary N) is 1. The summed E-state index contributed by atoms with van der Waals surface area (Å²) in [4.78, 5) is 12.0. The van der Waals surface area contributed by atoms with Crippen molar-refractivity contribution >= 4 is 49.9 Å². The Kier molecular flexibility index (Phi) is 7.43. The van der Waals surface area contributed by atoms with Gasteiger partial charge in [-0.15, -0.1) is 0 Å². The molecule has 16 heteroatoms. The van der Waals surface area contributed by atoms with E-state index in [0.717, 1.165) is 9.13 Å². The molecule has 7 N–H and O–H groups in total. The Bertz CT molecular complexity index is 1400. The van der Waals surface area contributed by atoms with Crippen LogP contribution in [0, 0.1) is 9.65 Å². The molecule has 0 saturated carbocycles. The van der Waals surface area contributed by atoms with E-state index in [1.54, 1.807) is 10.8 Å². The first-order chi connectivity index (χ1) is 16.6. The molecule has 1 aliphatic heterocycles. The third-order valence-corrected chi connectivity index (χ3v) is 6.40. The molecule has 0 fully saturated rings. The third-order valence-electron chi connectivity index (χ3n) is 4.90. The molecule has 0 aliphatic carbocycles. The van der Waals surface area contributed by atoms with Crippen LogP contribution in [0.1, 0.15) is 17.8 Å². The highest BCUT2D eigenvalue weighted by Crippen LogP contribution is 2.36. The van der Waals surface area contributed by atoms with Gasteiger partial charge < -0.3 is 30.8 Å². The molecule has 188 valence electrons. The number of hydrogen-bond donors (Lipinski definition) is 4. The Balaban J connectivity index is 1.56. The number of ether oxygens (including phenoxy) is 2. The highest BCUT2D eigenvalue weighted by molar-refractivity contribution is 14.1. The number of anilines is 1. The molecule has 0 atom stereocenters. The number of imidazole rings is 1. The molecule has 0 amide bonds. The van der Waals surface area contributed by atoms with Gasteiger partial charge in [-0.05, 0) is 46.7 Å². The molecule has 1 aliphatic rings. The van der Waals surface area contributed by atoms with Crippen molar-refractivity contribution in [3.8, 4) is 11.5 Å². The Morgan fingerprint density at radius 3 is 2.77 bits per heavy atom. The minimum absolute atomic E-state index is 0.0699. The number of aromatic nitrogens is 4. The van der Waals surface area contributed by atoms with Gasteiger partial charge in [0.1, 0.15) is 5.82 Å². The van der Waals surface area contributed by atoms with Crippen molar-refractivity contribution in [3.63, 3.8) is 0 Å². The van der Waals surface area contributed by atoms with Gasteiger partial charge in [0, 0.05) is 28.4 Å². The van der Waals surface area contributed by atoms with E-state index in [1.165, 1.54) is 0 Å². The summed E-state index contributed by atoms with van der Waals surface area (Å²) in [5.74, 6) is 1.75. The SMILES string of the molecule is N/C(=C\NCCCOS(N)(=O)=O)Cn1c(Cc2cc3c(cc2I)OCO3)nc2c(N)nc(F)nc21. The summed E-state index contributed by atoms with van der Waals surface area (Å²) in [7, 11) is -3.97. The molecule has 0 unspecified atom stereocenters. The van der Waals surface area contributed by atoms with Gasteiger partial charge in [0.2, 0.25) is 6.79 Å². The van der Waals surface area contributed by atoms with Crippen molar-refractivity contribution in [2.75, 3.05) is 25.7 Å². The summed E-state index contributed by atoms with van der Waals surface area (Å²) in [5.41, 5.74) is 13.8. The molecule has 0 bridgehead atoms. The Hall–Kier alpha value is -2.96. The van der Waals surface area contributed by atoms with E-state index in [-0.39, 0.29) is 36.9 Å². The van der Waals surface area contributed by atoms with E-state index in [9.17, 15) is 12.8 Å². The lowest BCUT2D eigenvalue weighted by Crippen LogP contribution is -2.20. The monoisotopic (exact) mass is 620 g/mol. The number of nitrogens with zero attached hydrogens (tertiary/aromatic N) is 4. The molecular weight excluding hydrogens is 598 g/mol. The van der Waals surface area contributed by atoms with Crippen LogP contribution in [0.4, 0.5) is 10.2 Å². The predicted octanol–water partition coefficient (Wildman–Crippen LogP) is 0.472. The zero-order valence-electron chi connectivity index (χ0n) is 18.2. The van der Waals surface area contributed by atoms with Crippen LogP contribution in [0.15, 0.2) is 24.0 Å². The van der Waals surface area contributed by atoms with Crippen LogP contribution in [0.2, 0.25) is 0 Å². The van der Waals surface area contributed by atoms with E-state index < -0.39 is 16.4 Å². The number of nitrogen functional groups attached to an aromatic ring is 1. The number of benzene rings is 1. The van der Waals surface area contributed by atoms with E-state index in [4.69, 9.17) is 26.1 Å². The van der Waals surface area contributed by atoms with E-state index in [1.807, 2.05) is 12.1 Å². The summed E-state index contributed by atoms with van der Waals surface area (Å²) in [5, 5.41) is 7.74. The second kappa shape index (κ2) is 10.3. The zero-order valence-corrected chi connectivity index (χ0v) is 21.2. The maximum absolute atomic E-state index is 14.0. The lowest BCUT2D eigenvalue weighted by Gasteiger charge is -2.11. The van der Waals surface area contributed by atoms with Crippen LogP contribution >= 0.6 is 22.6 Å². The fraction of sp³-hybridized carbons (Fsp3) is 0.316. The largest absolute Gasteiger partial charge is 0.454 e. The topological polar surface area (TPSA) is 196 Å². The quantitative estimate of drug-likeness (QED) is 0.140. The fourth-order valence-electron chi connectivity index (χ4n) is 3.39. The summed E-state index contributed by atoms with van der Waals surface area (Å²) < 4.78 is 53.5. The molecular formula is C19H22FIN8O5S. The molecule has 0 saturated heterocycles. The fourth-order valence-corrected chi connectivity index (χ4v) is 4.37. The van der Waals surface area contributed by atoms with Gasteiger partial charge in [-0.3, -0.25) is 4.18 Å². The lowest BCUT2D eigenvalue weighted by atomic mass is 10.1. The highest BCUT2D eigenvalue weighted by Gasteiger charge is 2.21. The van der Waals surface area contributed by atoms with Crippen molar-refractivity contribution in [2.24, 2.45) is 10.9 Å². The Labute approximate surface area is 213 Å². The number of nitrogens with two attached hydrogens (primary N) is 3. The van der Waals surface area contributed by atoms with Gasteiger partial charge in [0.25, 0.3) is 0 Å². The van der Waals surface area contributed by atoms with Gasteiger partial charge in [-0.1, -0.05) is 0 Å². The summed E-state index contributed by atoms with van der Waals surface area (Å²) >= 11 is 2.20. The molecule has 35 heavy (non-hydrogen) atoms. The van der Waals surface area contributed by atoms with Crippen LogP contribution in [-0.4, -0.2) is 47.9 Å². The summed E-state index contributed by atoms with van der Waals surface area (Å²) in [6.07, 6.45) is 1.31. The number of halogens is 2. The van der Waals surface area contributed by atoms with Crippen LogP contribution < -0.4 is 31.4 Å². The zero-order chi connectivity index (χ0) is 25.2. The van der Waals surface area contributed by atoms with Crippen LogP contribution in [0.5, 0.6) is 11.5 Å². The van der Waals surface area contributed by atoms with Crippen LogP contribution in [0.25, 0.3) is 11.2 Å². The molecule has 1 aromatic carbocycles. The minimum atomic E-state index is -3.97. The van der Waals surface area contributed by atoms with Gasteiger partial charge in [-0.2, -0.15) is 22.8 Å². The lowest BCUT2D eigenvalue weighted by molar-refractivity contribution is 0.174. The number of rotatable bonds is 10. The summed E-state index contributed by atoms with van der Waals surface area (Å²) in [6, 6.07) is 3.74. The summed E-state index contributed by atoms with van der Waals surface area (Å²) in [6.45, 7) is 0.594. The van der Waals surface area contributed by atoms with Gasteiger partial charge in [0.15, 0.2) is 28.5 Å². The van der Waals surface area contributed by atoms with Crippen molar-refractivity contribution in [1.29, 1.82) is 0 Å². The van der Waals surface area contributed by atoms with E-state index in [2.05, 4.69) is 47.0 Å². The van der Waals surface area contributed by atoms with Crippen molar-refractivity contribution in [2.45, 2.75) is 19.4 Å². The Morgan fingerprint density at radius 1 is 1.29 bits per heavy atom. The van der Waals surface area contributed by atoms with Crippen molar-refractivity contribution in [1.82, 2.24) is 24.8 Å². The van der Waals surface area contributed by atoms with E-state index >= 15 is 0 Å². The number of allylic oxidation sites excluding steroid dienone is 1. The molecule has 3 aromatic rings. The van der Waals surface area contributed by atoms with Crippen molar-refractivity contribution in [3.05, 3.63) is 45.1 Å². The number of hydrogen-bond acceptors (Lipinski definition) is 11. The van der Waals surface area contributed by atoms with Crippen LogP contribution in [-0.2, 0) is 27.5 Å². The first kappa shape index (κ1) is 25.1. The first-order valence-electron chi connectivity index (χ1n) is 10.2. The third kappa shape index (κ3) is 6.19. The van der Waals surface area contributed by atoms with Gasteiger partial charge in [-0.25, -0.2) is 10.1 Å². The second-order valence-electron chi connectivity index (χ2n) is 7.48. The molecule has 0 radical (unpaired) electrons. The molecule has 0 spiro atoms. The minimum Gasteiger partial charge on any atom is -0.454 e. The van der Waals surface area contributed by atoms with Crippen LogP contribution in [0.3, 0.4) is 0 Å². The molecule has 13 nitrogen and oxygen atoms in total. The van der Waals surface area contributed by atoms with Gasteiger partial charge >= 0.3 is 16.4 Å². The van der Waals surface area contributed by atoms with Gasteiger partial charge in [0.05, 0.1) is 13.2 Å². The molecule has 3 heterocycles. The maximum Gasteiger partial charge on any atom is 0.333 e. The number of fused-ring (bicyclic) bond motifs is 2.